The van der Waals surface area contributed by atoms with Crippen LogP contribution in [0.5, 0.6) is 5.88 Å². The van der Waals surface area contributed by atoms with Crippen molar-refractivity contribution in [1.82, 2.24) is 9.88 Å². The molecule has 1 amide bonds. The van der Waals surface area contributed by atoms with Crippen molar-refractivity contribution < 1.29 is 19.0 Å². The van der Waals surface area contributed by atoms with Crippen LogP contribution in [0.4, 0.5) is 9.18 Å². The molecule has 1 aromatic rings. The number of hydrogen-bond acceptors (Lipinski definition) is 3. The lowest BCUT2D eigenvalue weighted by Gasteiger charge is -2.14. The predicted octanol–water partition coefficient (Wildman–Crippen LogP) is 1.75. The van der Waals surface area contributed by atoms with E-state index in [0.29, 0.717) is 5.56 Å². The van der Waals surface area contributed by atoms with Gasteiger partial charge in [0.1, 0.15) is 6.61 Å². The monoisotopic (exact) mass is 246 g/mol. The molecule has 1 aliphatic rings. The van der Waals surface area contributed by atoms with Gasteiger partial charge in [0.2, 0.25) is 5.88 Å². The number of fused-ring (bicyclic) bond motifs is 1. The first-order valence-electron chi connectivity index (χ1n) is 4.53. The van der Waals surface area contributed by atoms with Crippen LogP contribution in [0.15, 0.2) is 6.07 Å². The molecule has 0 fully saturated rings. The van der Waals surface area contributed by atoms with Crippen molar-refractivity contribution in [3.63, 3.8) is 0 Å². The molecule has 1 aliphatic heterocycles. The Balaban J connectivity index is 2.36. The van der Waals surface area contributed by atoms with Crippen molar-refractivity contribution in [2.45, 2.75) is 6.54 Å². The molecule has 0 aromatic carbocycles. The second kappa shape index (κ2) is 4.13. The van der Waals surface area contributed by atoms with Gasteiger partial charge in [-0.1, -0.05) is 11.6 Å². The van der Waals surface area contributed by atoms with E-state index in [0.717, 1.165) is 11.0 Å². The maximum atomic E-state index is 13.2. The number of aromatic nitrogens is 1. The first-order valence-corrected chi connectivity index (χ1v) is 4.91. The topological polar surface area (TPSA) is 62.7 Å². The van der Waals surface area contributed by atoms with Crippen LogP contribution in [0.25, 0.3) is 0 Å². The number of halogens is 2. The van der Waals surface area contributed by atoms with E-state index in [4.69, 9.17) is 21.4 Å². The number of carboxylic acid groups (broad SMARTS) is 1. The summed E-state index contributed by atoms with van der Waals surface area (Å²) in [5.74, 6) is -0.494. The predicted molar refractivity (Wildman–Crippen MR) is 53.1 cm³/mol. The molecule has 5 nitrogen and oxygen atoms in total. The lowest BCUT2D eigenvalue weighted by atomic mass is 10.2. The molecule has 0 spiro atoms. The summed E-state index contributed by atoms with van der Waals surface area (Å²) in [6, 6.07) is 1.14. The second-order valence-corrected chi connectivity index (χ2v) is 3.64. The van der Waals surface area contributed by atoms with E-state index in [1.165, 1.54) is 0 Å². The summed E-state index contributed by atoms with van der Waals surface area (Å²) >= 11 is 5.50. The fourth-order valence-electron chi connectivity index (χ4n) is 1.43. The fourth-order valence-corrected chi connectivity index (χ4v) is 1.56. The summed E-state index contributed by atoms with van der Waals surface area (Å²) in [5.41, 5.74) is 0.377. The van der Waals surface area contributed by atoms with E-state index in [1.54, 1.807) is 0 Å². The summed E-state index contributed by atoms with van der Waals surface area (Å²) in [7, 11) is 0. The number of ether oxygens (including phenoxy) is 1. The molecule has 0 bridgehead atoms. The zero-order valence-corrected chi connectivity index (χ0v) is 8.87. The molecule has 2 heterocycles. The Morgan fingerprint density at radius 1 is 1.69 bits per heavy atom. The summed E-state index contributed by atoms with van der Waals surface area (Å²) in [5, 5.41) is 8.57. The standard InChI is InChI=1S/C9H8ClFN2O3/c10-7-6(11)3-5-4-13(9(14)15)1-2-16-8(5)12-7/h3H,1-2,4H2,(H,14,15). The van der Waals surface area contributed by atoms with E-state index in [1.807, 2.05) is 0 Å². The zero-order chi connectivity index (χ0) is 11.7. The SMILES string of the molecule is O=C(O)N1CCOc2nc(Cl)c(F)cc2C1. The smallest absolute Gasteiger partial charge is 0.407 e. The van der Waals surface area contributed by atoms with Gasteiger partial charge in [0, 0.05) is 5.56 Å². The molecule has 2 rings (SSSR count). The first-order chi connectivity index (χ1) is 7.58. The van der Waals surface area contributed by atoms with Gasteiger partial charge in [-0.3, -0.25) is 0 Å². The molecule has 0 saturated heterocycles. The normalized spacial score (nSPS) is 15.0. The summed E-state index contributed by atoms with van der Waals surface area (Å²) in [4.78, 5) is 15.6. The van der Waals surface area contributed by atoms with Gasteiger partial charge < -0.3 is 14.7 Å². The van der Waals surface area contributed by atoms with Crippen molar-refractivity contribution in [3.8, 4) is 5.88 Å². The summed E-state index contributed by atoms with van der Waals surface area (Å²) in [6.45, 7) is 0.435. The summed E-state index contributed by atoms with van der Waals surface area (Å²) < 4.78 is 18.3. The van der Waals surface area contributed by atoms with Crippen LogP contribution in [-0.4, -0.2) is 34.2 Å². The van der Waals surface area contributed by atoms with Crippen molar-refractivity contribution in [2.75, 3.05) is 13.2 Å². The van der Waals surface area contributed by atoms with E-state index in [9.17, 15) is 9.18 Å². The Morgan fingerprint density at radius 2 is 2.44 bits per heavy atom. The molecule has 7 heteroatoms. The van der Waals surface area contributed by atoms with E-state index in [2.05, 4.69) is 4.98 Å². The van der Waals surface area contributed by atoms with Gasteiger partial charge in [0.05, 0.1) is 13.1 Å². The Hall–Kier alpha value is -1.56. The Morgan fingerprint density at radius 3 is 3.12 bits per heavy atom. The second-order valence-electron chi connectivity index (χ2n) is 3.28. The molecule has 86 valence electrons. The van der Waals surface area contributed by atoms with Gasteiger partial charge in [-0.05, 0) is 6.07 Å². The van der Waals surface area contributed by atoms with E-state index in [-0.39, 0.29) is 30.7 Å². The zero-order valence-electron chi connectivity index (χ0n) is 8.11. The van der Waals surface area contributed by atoms with Crippen molar-refractivity contribution >= 4 is 17.7 Å². The van der Waals surface area contributed by atoms with Gasteiger partial charge in [-0.15, -0.1) is 0 Å². The van der Waals surface area contributed by atoms with Crippen LogP contribution in [0.2, 0.25) is 5.15 Å². The Labute approximate surface area is 95.4 Å². The van der Waals surface area contributed by atoms with Crippen LogP contribution in [0.1, 0.15) is 5.56 Å². The number of carbonyl (C=O) groups is 1. The van der Waals surface area contributed by atoms with Gasteiger partial charge in [0.25, 0.3) is 0 Å². The van der Waals surface area contributed by atoms with Crippen LogP contribution < -0.4 is 4.74 Å². The Bertz CT molecular complexity index is 441. The van der Waals surface area contributed by atoms with Crippen LogP contribution >= 0.6 is 11.6 Å². The highest BCUT2D eigenvalue weighted by Crippen LogP contribution is 2.25. The average molecular weight is 247 g/mol. The highest BCUT2D eigenvalue weighted by molar-refractivity contribution is 6.29. The van der Waals surface area contributed by atoms with Gasteiger partial charge in [0.15, 0.2) is 11.0 Å². The molecular formula is C9H8ClFN2O3. The van der Waals surface area contributed by atoms with Gasteiger partial charge >= 0.3 is 6.09 Å². The van der Waals surface area contributed by atoms with E-state index >= 15 is 0 Å². The number of nitrogens with zero attached hydrogens (tertiary/aromatic N) is 2. The molecular weight excluding hydrogens is 239 g/mol. The third kappa shape index (κ3) is 2.01. The van der Waals surface area contributed by atoms with Crippen molar-refractivity contribution in [1.29, 1.82) is 0 Å². The fraction of sp³-hybridized carbons (Fsp3) is 0.333. The van der Waals surface area contributed by atoms with Gasteiger partial charge in [-0.25, -0.2) is 9.18 Å². The quantitative estimate of drug-likeness (QED) is 0.709. The van der Waals surface area contributed by atoms with E-state index < -0.39 is 11.9 Å². The minimum absolute atomic E-state index is 0.0474. The van der Waals surface area contributed by atoms with Crippen molar-refractivity contribution in [3.05, 3.63) is 22.6 Å². The minimum atomic E-state index is -1.08. The molecule has 16 heavy (non-hydrogen) atoms. The molecule has 0 atom stereocenters. The highest BCUT2D eigenvalue weighted by Gasteiger charge is 2.21. The maximum Gasteiger partial charge on any atom is 0.407 e. The van der Waals surface area contributed by atoms with Gasteiger partial charge in [-0.2, -0.15) is 4.98 Å². The molecule has 0 radical (unpaired) electrons. The largest absolute Gasteiger partial charge is 0.475 e. The number of rotatable bonds is 0. The summed E-state index contributed by atoms with van der Waals surface area (Å²) in [6.07, 6.45) is -1.08. The number of hydrogen-bond donors (Lipinski definition) is 1. The maximum absolute atomic E-state index is 13.2. The third-order valence-electron chi connectivity index (χ3n) is 2.20. The van der Waals surface area contributed by atoms with Crippen LogP contribution in [0.3, 0.4) is 0 Å². The third-order valence-corrected chi connectivity index (χ3v) is 2.47. The Kier molecular flexibility index (Phi) is 2.82. The molecule has 0 saturated carbocycles. The van der Waals surface area contributed by atoms with Crippen LogP contribution in [-0.2, 0) is 6.54 Å². The van der Waals surface area contributed by atoms with Crippen LogP contribution in [0, 0.1) is 5.82 Å². The lowest BCUT2D eigenvalue weighted by Crippen LogP contribution is -2.30. The highest BCUT2D eigenvalue weighted by atomic mass is 35.5. The molecule has 0 unspecified atom stereocenters. The number of pyridine rings is 1. The molecule has 1 aromatic heterocycles. The number of amides is 1. The van der Waals surface area contributed by atoms with Crippen molar-refractivity contribution in [2.24, 2.45) is 0 Å². The lowest BCUT2D eigenvalue weighted by molar-refractivity contribution is 0.137. The molecule has 0 aliphatic carbocycles. The molecule has 1 N–H and O–H groups in total. The minimum Gasteiger partial charge on any atom is -0.475 e. The average Bonchev–Trinajstić information content (AvgIpc) is 2.41. The first kappa shape index (κ1) is 10.9.